The highest BCUT2D eigenvalue weighted by Gasteiger charge is 2.03. The summed E-state index contributed by atoms with van der Waals surface area (Å²) in [7, 11) is 0. The summed E-state index contributed by atoms with van der Waals surface area (Å²) >= 11 is -1.40. The highest BCUT2D eigenvalue weighted by Crippen LogP contribution is 2.10. The van der Waals surface area contributed by atoms with Gasteiger partial charge in [-0.15, -0.1) is 0 Å². The summed E-state index contributed by atoms with van der Waals surface area (Å²) in [6.07, 6.45) is 3.48. The molecule has 0 aliphatic rings. The van der Waals surface area contributed by atoms with Crippen molar-refractivity contribution in [3.8, 4) is 0 Å². The van der Waals surface area contributed by atoms with E-state index in [1.807, 2.05) is 19.1 Å². The number of unbranched alkanes of at least 4 members (excludes halogenated alkanes) is 3. The quantitative estimate of drug-likeness (QED) is 0.708. The second kappa shape index (κ2) is 8.82. The van der Waals surface area contributed by atoms with Crippen LogP contribution in [-0.4, -0.2) is 21.9 Å². The van der Waals surface area contributed by atoms with Crippen molar-refractivity contribution in [1.29, 1.82) is 0 Å². The van der Waals surface area contributed by atoms with Gasteiger partial charge in [0.2, 0.25) is 0 Å². The van der Waals surface area contributed by atoms with Gasteiger partial charge < -0.3 is 5.11 Å². The molecule has 0 aromatic heterocycles. The maximum Gasteiger partial charge on any atom is 0.303 e. The summed E-state index contributed by atoms with van der Waals surface area (Å²) in [6, 6.07) is 7.42. The van der Waals surface area contributed by atoms with E-state index < -0.39 is 17.0 Å². The van der Waals surface area contributed by atoms with E-state index in [1.54, 1.807) is 12.1 Å². The molecule has 0 saturated carbocycles. The third-order valence-corrected chi connectivity index (χ3v) is 3.73. The Morgan fingerprint density at radius 3 is 2.42 bits per heavy atom. The fourth-order valence-electron chi connectivity index (χ4n) is 1.58. The number of carboxylic acids is 1. The fourth-order valence-corrected chi connectivity index (χ4v) is 2.35. The van der Waals surface area contributed by atoms with Gasteiger partial charge in [-0.05, 0) is 31.9 Å². The number of hydrogen-bond acceptors (Lipinski definition) is 3. The second-order valence-electron chi connectivity index (χ2n) is 4.43. The smallest absolute Gasteiger partial charge is 0.303 e. The minimum absolute atomic E-state index is 0.218. The van der Waals surface area contributed by atoms with Gasteiger partial charge in [0.1, 0.15) is 0 Å². The van der Waals surface area contributed by atoms with Crippen molar-refractivity contribution in [3.05, 3.63) is 29.8 Å². The molecule has 0 fully saturated rings. The summed E-state index contributed by atoms with van der Waals surface area (Å²) < 4.78 is 17.0. The third kappa shape index (κ3) is 7.08. The van der Waals surface area contributed by atoms with Crippen LogP contribution < -0.4 is 0 Å². The summed E-state index contributed by atoms with van der Waals surface area (Å²) in [4.78, 5) is 11.0. The molecule has 0 aliphatic carbocycles. The van der Waals surface area contributed by atoms with Crippen LogP contribution in [0, 0.1) is 6.92 Å². The molecular formula is C14H20O4S. The molecule has 4 nitrogen and oxygen atoms in total. The second-order valence-corrected chi connectivity index (χ2v) is 5.60. The van der Waals surface area contributed by atoms with E-state index in [4.69, 9.17) is 9.29 Å². The van der Waals surface area contributed by atoms with Gasteiger partial charge in [-0.2, -0.15) is 0 Å². The fraction of sp³-hybridized carbons (Fsp3) is 0.500. The molecule has 0 radical (unpaired) electrons. The molecule has 0 bridgehead atoms. The summed E-state index contributed by atoms with van der Waals surface area (Å²) in [6.45, 7) is 2.41. The Morgan fingerprint density at radius 1 is 1.16 bits per heavy atom. The number of hydrogen-bond donors (Lipinski definition) is 1. The van der Waals surface area contributed by atoms with E-state index in [0.717, 1.165) is 24.8 Å². The van der Waals surface area contributed by atoms with Crippen LogP contribution in [0.1, 0.15) is 37.7 Å². The monoisotopic (exact) mass is 284 g/mol. The molecule has 0 aliphatic heterocycles. The predicted octanol–water partition coefficient (Wildman–Crippen LogP) is 3.07. The highest BCUT2D eigenvalue weighted by atomic mass is 32.2. The van der Waals surface area contributed by atoms with Crippen molar-refractivity contribution >= 4 is 17.0 Å². The Kier molecular flexibility index (Phi) is 7.36. The van der Waals surface area contributed by atoms with Crippen molar-refractivity contribution < 1.29 is 18.3 Å². The first-order chi connectivity index (χ1) is 9.09. The zero-order chi connectivity index (χ0) is 14.1. The van der Waals surface area contributed by atoms with Crippen LogP contribution in [0.5, 0.6) is 0 Å². The zero-order valence-corrected chi connectivity index (χ0v) is 11.9. The number of aliphatic carboxylic acids is 1. The van der Waals surface area contributed by atoms with E-state index in [1.165, 1.54) is 0 Å². The van der Waals surface area contributed by atoms with Gasteiger partial charge in [0.05, 0.1) is 11.5 Å². The van der Waals surface area contributed by atoms with E-state index in [0.29, 0.717) is 17.9 Å². The maximum atomic E-state index is 11.7. The number of aryl methyl sites for hydroxylation is 1. The zero-order valence-electron chi connectivity index (χ0n) is 11.1. The average molecular weight is 284 g/mol. The first-order valence-electron chi connectivity index (χ1n) is 6.43. The Balaban J connectivity index is 2.11. The van der Waals surface area contributed by atoms with Crippen molar-refractivity contribution in [1.82, 2.24) is 0 Å². The molecule has 0 heterocycles. The molecule has 1 rings (SSSR count). The van der Waals surface area contributed by atoms with Crippen molar-refractivity contribution in [2.75, 3.05) is 6.61 Å². The normalized spacial score (nSPS) is 12.3. The van der Waals surface area contributed by atoms with Gasteiger partial charge in [-0.25, -0.2) is 4.21 Å². The summed E-state index contributed by atoms with van der Waals surface area (Å²) in [5.41, 5.74) is 1.12. The average Bonchev–Trinajstić information content (AvgIpc) is 2.38. The maximum absolute atomic E-state index is 11.7. The van der Waals surface area contributed by atoms with Gasteiger partial charge in [0, 0.05) is 6.42 Å². The molecule has 19 heavy (non-hydrogen) atoms. The topological polar surface area (TPSA) is 63.6 Å². The van der Waals surface area contributed by atoms with Gasteiger partial charge in [0.15, 0.2) is 11.1 Å². The molecule has 1 unspecified atom stereocenters. The largest absolute Gasteiger partial charge is 0.481 e. The third-order valence-electron chi connectivity index (χ3n) is 2.69. The van der Waals surface area contributed by atoms with Gasteiger partial charge in [-0.3, -0.25) is 8.98 Å². The molecule has 1 aromatic carbocycles. The van der Waals surface area contributed by atoms with Crippen molar-refractivity contribution in [3.63, 3.8) is 0 Å². The first-order valence-corrected chi connectivity index (χ1v) is 7.50. The van der Waals surface area contributed by atoms with Crippen LogP contribution in [0.15, 0.2) is 29.2 Å². The van der Waals surface area contributed by atoms with Crippen LogP contribution in [0.3, 0.4) is 0 Å². The molecule has 0 saturated heterocycles. The Labute approximate surface area is 116 Å². The first kappa shape index (κ1) is 15.9. The Morgan fingerprint density at radius 2 is 1.79 bits per heavy atom. The highest BCUT2D eigenvalue weighted by molar-refractivity contribution is 7.80. The molecule has 0 amide bonds. The van der Waals surface area contributed by atoms with Crippen molar-refractivity contribution in [2.45, 2.75) is 43.9 Å². The van der Waals surface area contributed by atoms with Crippen LogP contribution >= 0.6 is 0 Å². The lowest BCUT2D eigenvalue weighted by Gasteiger charge is -2.04. The van der Waals surface area contributed by atoms with E-state index in [-0.39, 0.29) is 6.42 Å². The molecule has 5 heteroatoms. The van der Waals surface area contributed by atoms with Crippen LogP contribution in [0.25, 0.3) is 0 Å². The SMILES string of the molecule is Cc1ccc(S(=O)OCCCCCCC(=O)O)cc1. The minimum Gasteiger partial charge on any atom is -0.481 e. The molecular weight excluding hydrogens is 264 g/mol. The van der Waals surface area contributed by atoms with Crippen molar-refractivity contribution in [2.24, 2.45) is 0 Å². The van der Waals surface area contributed by atoms with Gasteiger partial charge in [-0.1, -0.05) is 30.5 Å². The van der Waals surface area contributed by atoms with E-state index in [2.05, 4.69) is 0 Å². The Bertz CT molecular complexity index is 414. The number of carboxylic acid groups (broad SMARTS) is 1. The lowest BCUT2D eigenvalue weighted by atomic mass is 10.1. The molecule has 0 spiro atoms. The molecule has 1 N–H and O–H groups in total. The molecule has 1 atom stereocenters. The predicted molar refractivity (Wildman–Crippen MR) is 74.3 cm³/mol. The Hall–Kier alpha value is -1.20. The minimum atomic E-state index is -1.40. The number of rotatable bonds is 9. The number of benzene rings is 1. The van der Waals surface area contributed by atoms with E-state index in [9.17, 15) is 9.00 Å². The number of carbonyl (C=O) groups is 1. The lowest BCUT2D eigenvalue weighted by molar-refractivity contribution is -0.137. The van der Waals surface area contributed by atoms with Crippen LogP contribution in [0.2, 0.25) is 0 Å². The standard InChI is InChI=1S/C14H20O4S/c1-12-7-9-13(10-8-12)19(17)18-11-5-3-2-4-6-14(15)16/h7-10H,2-6,11H2,1H3,(H,15,16). The van der Waals surface area contributed by atoms with Crippen LogP contribution in [-0.2, 0) is 20.1 Å². The van der Waals surface area contributed by atoms with Gasteiger partial charge in [0.25, 0.3) is 0 Å². The summed E-state index contributed by atoms with van der Waals surface area (Å²) in [5.74, 6) is -0.753. The van der Waals surface area contributed by atoms with Crippen LogP contribution in [0.4, 0.5) is 0 Å². The summed E-state index contributed by atoms with van der Waals surface area (Å²) in [5, 5.41) is 8.47. The van der Waals surface area contributed by atoms with Gasteiger partial charge >= 0.3 is 5.97 Å². The lowest BCUT2D eigenvalue weighted by Crippen LogP contribution is -2.00. The molecule has 106 valence electrons. The molecule has 1 aromatic rings. The van der Waals surface area contributed by atoms with E-state index >= 15 is 0 Å².